The van der Waals surface area contributed by atoms with Crippen LogP contribution in [0, 0.1) is 0 Å². The van der Waals surface area contributed by atoms with Gasteiger partial charge in [0.2, 0.25) is 0 Å². The molecule has 6 heteroatoms. The lowest BCUT2D eigenvalue weighted by Gasteiger charge is -2.01. The third-order valence-corrected chi connectivity index (χ3v) is 3.08. The molecule has 4 nitrogen and oxygen atoms in total. The van der Waals surface area contributed by atoms with Gasteiger partial charge in [0.05, 0.1) is 27.6 Å². The molecule has 0 unspecified atom stereocenters. The number of aromatic nitrogens is 3. The van der Waals surface area contributed by atoms with E-state index < -0.39 is 0 Å². The standard InChI is InChI=1S/C11H12Cl2N4/c12-10-4-3-9(6-11(10)13)17-7-8(15-16-17)2-1-5-14/h3-4,6-7H,1-2,5,14H2. The molecule has 0 aliphatic heterocycles. The molecule has 90 valence electrons. The Labute approximate surface area is 109 Å². The van der Waals surface area contributed by atoms with Crippen LogP contribution in [0.4, 0.5) is 0 Å². The second kappa shape index (κ2) is 5.49. The average molecular weight is 271 g/mol. The van der Waals surface area contributed by atoms with E-state index >= 15 is 0 Å². The van der Waals surface area contributed by atoms with E-state index in [-0.39, 0.29) is 0 Å². The van der Waals surface area contributed by atoms with Crippen LogP contribution in [0.5, 0.6) is 0 Å². The number of nitrogens with two attached hydrogens (primary N) is 1. The Kier molecular flexibility index (Phi) is 3.99. The highest BCUT2D eigenvalue weighted by atomic mass is 35.5. The summed E-state index contributed by atoms with van der Waals surface area (Å²) in [6.45, 7) is 0.652. The quantitative estimate of drug-likeness (QED) is 0.929. The van der Waals surface area contributed by atoms with Gasteiger partial charge in [0.15, 0.2) is 0 Å². The maximum absolute atomic E-state index is 5.94. The van der Waals surface area contributed by atoms with Gasteiger partial charge in [-0.25, -0.2) is 4.68 Å². The van der Waals surface area contributed by atoms with E-state index in [0.717, 1.165) is 24.2 Å². The fourth-order valence-corrected chi connectivity index (χ4v) is 1.74. The van der Waals surface area contributed by atoms with Gasteiger partial charge in [0, 0.05) is 0 Å². The molecular formula is C11H12Cl2N4. The maximum Gasteiger partial charge on any atom is 0.0832 e. The Balaban J connectivity index is 2.21. The summed E-state index contributed by atoms with van der Waals surface area (Å²) >= 11 is 11.8. The molecule has 2 N–H and O–H groups in total. The lowest BCUT2D eigenvalue weighted by Crippen LogP contribution is -2.00. The minimum atomic E-state index is 0.503. The van der Waals surface area contributed by atoms with E-state index in [4.69, 9.17) is 28.9 Å². The van der Waals surface area contributed by atoms with Crippen molar-refractivity contribution in [2.24, 2.45) is 5.73 Å². The van der Waals surface area contributed by atoms with Crippen molar-refractivity contribution in [1.82, 2.24) is 15.0 Å². The van der Waals surface area contributed by atoms with E-state index in [1.54, 1.807) is 16.8 Å². The topological polar surface area (TPSA) is 56.7 Å². The van der Waals surface area contributed by atoms with Crippen LogP contribution >= 0.6 is 23.2 Å². The van der Waals surface area contributed by atoms with Crippen LogP contribution in [0.25, 0.3) is 5.69 Å². The van der Waals surface area contributed by atoms with Gasteiger partial charge in [-0.3, -0.25) is 0 Å². The summed E-state index contributed by atoms with van der Waals surface area (Å²) in [7, 11) is 0. The van der Waals surface area contributed by atoms with Crippen molar-refractivity contribution < 1.29 is 0 Å². The van der Waals surface area contributed by atoms with Gasteiger partial charge in [0.1, 0.15) is 0 Å². The number of hydrogen-bond acceptors (Lipinski definition) is 3. The fraction of sp³-hybridized carbons (Fsp3) is 0.273. The van der Waals surface area contributed by atoms with Crippen LogP contribution in [0.15, 0.2) is 24.4 Å². The van der Waals surface area contributed by atoms with Crippen molar-refractivity contribution in [2.75, 3.05) is 6.54 Å². The Morgan fingerprint density at radius 1 is 1.24 bits per heavy atom. The maximum atomic E-state index is 5.94. The molecular weight excluding hydrogens is 259 g/mol. The molecule has 0 aliphatic carbocycles. The molecule has 17 heavy (non-hydrogen) atoms. The van der Waals surface area contributed by atoms with Crippen LogP contribution in [-0.4, -0.2) is 21.5 Å². The Hall–Kier alpha value is -1.10. The number of rotatable bonds is 4. The predicted octanol–water partition coefficient (Wildman–Crippen LogP) is 2.47. The molecule has 0 fully saturated rings. The normalized spacial score (nSPS) is 10.8. The third-order valence-electron chi connectivity index (χ3n) is 2.35. The molecule has 1 heterocycles. The van der Waals surface area contributed by atoms with Gasteiger partial charge in [0.25, 0.3) is 0 Å². The van der Waals surface area contributed by atoms with E-state index in [2.05, 4.69) is 10.3 Å². The number of nitrogens with zero attached hydrogens (tertiary/aromatic N) is 3. The minimum Gasteiger partial charge on any atom is -0.330 e. The zero-order valence-corrected chi connectivity index (χ0v) is 10.6. The third kappa shape index (κ3) is 2.97. The molecule has 0 radical (unpaired) electrons. The van der Waals surface area contributed by atoms with E-state index in [1.165, 1.54) is 0 Å². The molecule has 0 spiro atoms. The largest absolute Gasteiger partial charge is 0.330 e. The second-order valence-corrected chi connectivity index (χ2v) is 4.46. The second-order valence-electron chi connectivity index (χ2n) is 3.65. The SMILES string of the molecule is NCCCc1cn(-c2ccc(Cl)c(Cl)c2)nn1. The van der Waals surface area contributed by atoms with E-state index in [0.29, 0.717) is 16.6 Å². The molecule has 0 saturated heterocycles. The summed E-state index contributed by atoms with van der Waals surface area (Å²) in [6, 6.07) is 5.33. The van der Waals surface area contributed by atoms with Crippen LogP contribution in [0.1, 0.15) is 12.1 Å². The van der Waals surface area contributed by atoms with Crippen molar-refractivity contribution >= 4 is 23.2 Å². The molecule has 2 rings (SSSR count). The van der Waals surface area contributed by atoms with E-state index in [1.807, 2.05) is 12.3 Å². The molecule has 0 atom stereocenters. The number of benzene rings is 1. The lowest BCUT2D eigenvalue weighted by molar-refractivity contribution is 0.779. The summed E-state index contributed by atoms with van der Waals surface area (Å²) in [6.07, 6.45) is 3.60. The minimum absolute atomic E-state index is 0.503. The number of aryl methyl sites for hydroxylation is 1. The molecule has 1 aromatic heterocycles. The van der Waals surface area contributed by atoms with Crippen molar-refractivity contribution in [3.63, 3.8) is 0 Å². The van der Waals surface area contributed by atoms with Gasteiger partial charge in [-0.05, 0) is 37.6 Å². The van der Waals surface area contributed by atoms with Gasteiger partial charge in [-0.2, -0.15) is 0 Å². The first-order chi connectivity index (χ1) is 8.20. The van der Waals surface area contributed by atoms with Gasteiger partial charge in [-0.1, -0.05) is 28.4 Å². The van der Waals surface area contributed by atoms with Crippen molar-refractivity contribution in [2.45, 2.75) is 12.8 Å². The Morgan fingerprint density at radius 3 is 2.76 bits per heavy atom. The first-order valence-corrected chi connectivity index (χ1v) is 6.03. The van der Waals surface area contributed by atoms with Gasteiger partial charge in [-0.15, -0.1) is 5.10 Å². The van der Waals surface area contributed by atoms with Crippen LogP contribution in [0.3, 0.4) is 0 Å². The van der Waals surface area contributed by atoms with Crippen LogP contribution < -0.4 is 5.73 Å². The van der Waals surface area contributed by atoms with Crippen molar-refractivity contribution in [3.05, 3.63) is 40.1 Å². The zero-order valence-electron chi connectivity index (χ0n) is 9.11. The Bertz CT molecular complexity index is 510. The summed E-state index contributed by atoms with van der Waals surface area (Å²) in [5, 5.41) is 9.13. The molecule has 0 saturated carbocycles. The number of halogens is 2. The summed E-state index contributed by atoms with van der Waals surface area (Å²) < 4.78 is 1.67. The van der Waals surface area contributed by atoms with E-state index in [9.17, 15) is 0 Å². The van der Waals surface area contributed by atoms with Gasteiger partial charge < -0.3 is 5.73 Å². The molecule has 0 bridgehead atoms. The van der Waals surface area contributed by atoms with Crippen molar-refractivity contribution in [1.29, 1.82) is 0 Å². The van der Waals surface area contributed by atoms with Crippen LogP contribution in [-0.2, 0) is 6.42 Å². The summed E-state index contributed by atoms with van der Waals surface area (Å²) in [4.78, 5) is 0. The first kappa shape index (κ1) is 12.4. The lowest BCUT2D eigenvalue weighted by atomic mass is 10.2. The summed E-state index contributed by atoms with van der Waals surface area (Å²) in [5.74, 6) is 0. The smallest absolute Gasteiger partial charge is 0.0832 e. The summed E-state index contributed by atoms with van der Waals surface area (Å²) in [5.41, 5.74) is 7.20. The molecule has 0 amide bonds. The first-order valence-electron chi connectivity index (χ1n) is 5.27. The average Bonchev–Trinajstić information content (AvgIpc) is 2.79. The van der Waals surface area contributed by atoms with Crippen LogP contribution in [0.2, 0.25) is 10.0 Å². The monoisotopic (exact) mass is 270 g/mol. The van der Waals surface area contributed by atoms with Crippen molar-refractivity contribution in [3.8, 4) is 5.69 Å². The van der Waals surface area contributed by atoms with Gasteiger partial charge >= 0.3 is 0 Å². The highest BCUT2D eigenvalue weighted by Crippen LogP contribution is 2.24. The fourth-order valence-electron chi connectivity index (χ4n) is 1.45. The number of hydrogen-bond donors (Lipinski definition) is 1. The Morgan fingerprint density at radius 2 is 2.06 bits per heavy atom. The highest BCUT2D eigenvalue weighted by molar-refractivity contribution is 6.42. The molecule has 2 aromatic rings. The zero-order chi connectivity index (χ0) is 12.3. The molecule has 1 aromatic carbocycles. The molecule has 0 aliphatic rings. The predicted molar refractivity (Wildman–Crippen MR) is 68.8 cm³/mol. The highest BCUT2D eigenvalue weighted by Gasteiger charge is 2.04.